The van der Waals surface area contributed by atoms with Crippen LogP contribution in [0, 0.1) is 0 Å². The summed E-state index contributed by atoms with van der Waals surface area (Å²) in [6, 6.07) is 20.9. The molecule has 1 atom stereocenters. The molecule has 5 rings (SSSR count). The van der Waals surface area contributed by atoms with Gasteiger partial charge in [-0.25, -0.2) is 4.79 Å². The van der Waals surface area contributed by atoms with E-state index in [9.17, 15) is 14.4 Å². The highest BCUT2D eigenvalue weighted by atomic mass is 35.5. The predicted octanol–water partition coefficient (Wildman–Crippen LogP) is 4.61. The van der Waals surface area contributed by atoms with Gasteiger partial charge in [-0.15, -0.1) is 0 Å². The summed E-state index contributed by atoms with van der Waals surface area (Å²) in [6.07, 6.45) is 1.31. The van der Waals surface area contributed by atoms with Gasteiger partial charge in [0.05, 0.1) is 6.54 Å². The zero-order valence-electron chi connectivity index (χ0n) is 21.2. The van der Waals surface area contributed by atoms with Gasteiger partial charge in [-0.3, -0.25) is 14.5 Å². The zero-order chi connectivity index (χ0) is 26.6. The van der Waals surface area contributed by atoms with E-state index in [1.54, 1.807) is 46.2 Å². The Hall–Kier alpha value is -3.88. The molecule has 8 nitrogen and oxygen atoms in total. The van der Waals surface area contributed by atoms with E-state index in [0.717, 1.165) is 29.8 Å². The largest absolute Gasteiger partial charge is 0.324 e. The van der Waals surface area contributed by atoms with Gasteiger partial charge < -0.3 is 20.4 Å². The lowest BCUT2D eigenvalue weighted by molar-refractivity contribution is -0.121. The molecule has 3 aromatic carbocycles. The third kappa shape index (κ3) is 5.82. The molecular weight excluding hydrogens is 502 g/mol. The van der Waals surface area contributed by atoms with Crippen LogP contribution in [0.2, 0.25) is 5.02 Å². The number of anilines is 3. The van der Waals surface area contributed by atoms with Crippen LogP contribution in [0.15, 0.2) is 72.8 Å². The molecule has 9 heteroatoms. The molecule has 0 aromatic heterocycles. The summed E-state index contributed by atoms with van der Waals surface area (Å²) in [4.78, 5) is 44.8. The smallest absolute Gasteiger partial charge is 0.322 e. The second-order valence-electron chi connectivity index (χ2n) is 9.73. The molecule has 0 bridgehead atoms. The van der Waals surface area contributed by atoms with Crippen molar-refractivity contribution in [2.24, 2.45) is 0 Å². The van der Waals surface area contributed by atoms with E-state index in [1.807, 2.05) is 48.3 Å². The van der Waals surface area contributed by atoms with E-state index in [0.29, 0.717) is 42.5 Å². The molecule has 0 aliphatic carbocycles. The van der Waals surface area contributed by atoms with E-state index in [-0.39, 0.29) is 17.8 Å². The minimum absolute atomic E-state index is 0.0602. The monoisotopic (exact) mass is 531 g/mol. The summed E-state index contributed by atoms with van der Waals surface area (Å²) in [5.41, 5.74) is 4.07. The van der Waals surface area contributed by atoms with E-state index in [2.05, 4.69) is 10.6 Å². The van der Waals surface area contributed by atoms with Gasteiger partial charge in [0.15, 0.2) is 0 Å². The van der Waals surface area contributed by atoms with Crippen molar-refractivity contribution in [2.45, 2.75) is 25.4 Å². The molecule has 2 heterocycles. The Kier molecular flexibility index (Phi) is 7.62. The summed E-state index contributed by atoms with van der Waals surface area (Å²) in [7, 11) is 1.95. The molecule has 2 aliphatic rings. The lowest BCUT2D eigenvalue weighted by Gasteiger charge is -2.36. The summed E-state index contributed by atoms with van der Waals surface area (Å²) in [6.45, 7) is 2.24. The number of halogens is 1. The number of nitrogens with zero attached hydrogens (tertiary/aromatic N) is 3. The van der Waals surface area contributed by atoms with Crippen LogP contribution in [0.5, 0.6) is 0 Å². The highest BCUT2D eigenvalue weighted by Crippen LogP contribution is 2.26. The van der Waals surface area contributed by atoms with Crippen LogP contribution in [0.25, 0.3) is 0 Å². The van der Waals surface area contributed by atoms with Gasteiger partial charge in [0, 0.05) is 48.1 Å². The van der Waals surface area contributed by atoms with Crippen LogP contribution in [0.3, 0.4) is 0 Å². The van der Waals surface area contributed by atoms with Crippen molar-refractivity contribution in [1.29, 1.82) is 0 Å². The molecule has 2 aliphatic heterocycles. The Morgan fingerprint density at radius 1 is 0.842 bits per heavy atom. The number of amides is 4. The topological polar surface area (TPSA) is 85.0 Å². The van der Waals surface area contributed by atoms with Crippen LogP contribution >= 0.6 is 11.6 Å². The van der Waals surface area contributed by atoms with Gasteiger partial charge in [0.25, 0.3) is 0 Å². The molecular formula is C29H30ClN5O3. The number of rotatable bonds is 4. The van der Waals surface area contributed by atoms with Crippen LogP contribution < -0.4 is 15.5 Å². The number of fused-ring (bicyclic) bond motifs is 1. The first-order chi connectivity index (χ1) is 18.4. The maximum absolute atomic E-state index is 13.5. The number of carbonyl (C=O) groups excluding carboxylic acids is 3. The highest BCUT2D eigenvalue weighted by molar-refractivity contribution is 6.30. The molecule has 38 heavy (non-hydrogen) atoms. The van der Waals surface area contributed by atoms with Crippen molar-refractivity contribution in [3.05, 3.63) is 88.9 Å². The number of hydrogen-bond acceptors (Lipinski definition) is 4. The average molecular weight is 532 g/mol. The molecule has 0 unspecified atom stereocenters. The number of benzene rings is 3. The third-order valence-electron chi connectivity index (χ3n) is 6.98. The van der Waals surface area contributed by atoms with E-state index < -0.39 is 6.04 Å². The number of hydrogen-bond donors (Lipinski definition) is 2. The standard InChI is InChI=1S/C29H30ClN5O3/c1-33-15-4-16-34(27(36)19-33)25-13-11-23(12-14-25)31-28(37)26-17-20-5-2-3-6-21(20)18-35(26)29(38)32-24-9-7-22(30)8-10-24/h2-3,5-14,26H,4,15-19H2,1H3,(H,31,37)(H,32,38)/t26-/m1/s1. The van der Waals surface area contributed by atoms with Crippen molar-refractivity contribution < 1.29 is 14.4 Å². The van der Waals surface area contributed by atoms with Gasteiger partial charge in [-0.05, 0) is 73.1 Å². The Labute approximate surface area is 227 Å². The molecule has 0 saturated carbocycles. The summed E-state index contributed by atoms with van der Waals surface area (Å²) in [5.74, 6) is -0.212. The number of carbonyl (C=O) groups is 3. The fourth-order valence-electron chi connectivity index (χ4n) is 4.94. The second-order valence-corrected chi connectivity index (χ2v) is 10.2. The SMILES string of the molecule is CN1CCCN(c2ccc(NC(=O)[C@H]3Cc4ccccc4CN3C(=O)Nc3ccc(Cl)cc3)cc2)C(=O)C1. The Morgan fingerprint density at radius 2 is 1.50 bits per heavy atom. The maximum Gasteiger partial charge on any atom is 0.322 e. The van der Waals surface area contributed by atoms with Crippen LogP contribution in [0.1, 0.15) is 17.5 Å². The summed E-state index contributed by atoms with van der Waals surface area (Å²) >= 11 is 5.97. The lowest BCUT2D eigenvalue weighted by atomic mass is 9.93. The Balaban J connectivity index is 1.32. The second kappa shape index (κ2) is 11.2. The molecule has 1 fully saturated rings. The predicted molar refractivity (Wildman–Crippen MR) is 149 cm³/mol. The van der Waals surface area contributed by atoms with Crippen LogP contribution in [-0.2, 0) is 22.6 Å². The normalized spacial score (nSPS) is 17.9. The fraction of sp³-hybridized carbons (Fsp3) is 0.276. The van der Waals surface area contributed by atoms with Crippen molar-refractivity contribution in [3.63, 3.8) is 0 Å². The summed E-state index contributed by atoms with van der Waals surface area (Å²) < 4.78 is 0. The van der Waals surface area contributed by atoms with Crippen LogP contribution in [-0.4, -0.2) is 60.4 Å². The van der Waals surface area contributed by atoms with Crippen molar-refractivity contribution in [1.82, 2.24) is 9.80 Å². The highest BCUT2D eigenvalue weighted by Gasteiger charge is 2.35. The van der Waals surface area contributed by atoms with Gasteiger partial charge in [-0.1, -0.05) is 35.9 Å². The zero-order valence-corrected chi connectivity index (χ0v) is 21.9. The third-order valence-corrected chi connectivity index (χ3v) is 7.23. The van der Waals surface area contributed by atoms with Crippen molar-refractivity contribution in [2.75, 3.05) is 42.2 Å². The first-order valence-corrected chi connectivity index (χ1v) is 13.0. The first-order valence-electron chi connectivity index (χ1n) is 12.7. The van der Waals surface area contributed by atoms with Crippen LogP contribution in [0.4, 0.5) is 21.9 Å². The minimum atomic E-state index is -0.695. The molecule has 0 radical (unpaired) electrons. The van der Waals surface area contributed by atoms with Crippen molar-refractivity contribution in [3.8, 4) is 0 Å². The first kappa shape index (κ1) is 25.8. The average Bonchev–Trinajstić information content (AvgIpc) is 3.09. The molecule has 0 spiro atoms. The maximum atomic E-state index is 13.5. The fourth-order valence-corrected chi connectivity index (χ4v) is 5.07. The van der Waals surface area contributed by atoms with Gasteiger partial charge in [-0.2, -0.15) is 0 Å². The number of likely N-dealkylation sites (N-methyl/N-ethyl adjacent to an activating group) is 1. The molecule has 196 valence electrons. The quantitative estimate of drug-likeness (QED) is 0.515. The van der Waals surface area contributed by atoms with E-state index in [4.69, 9.17) is 11.6 Å². The Bertz CT molecular complexity index is 1330. The van der Waals surface area contributed by atoms with E-state index >= 15 is 0 Å². The summed E-state index contributed by atoms with van der Waals surface area (Å²) in [5, 5.41) is 6.43. The van der Waals surface area contributed by atoms with Gasteiger partial charge in [0.2, 0.25) is 11.8 Å². The lowest BCUT2D eigenvalue weighted by Crippen LogP contribution is -2.52. The molecule has 2 N–H and O–H groups in total. The van der Waals surface area contributed by atoms with Gasteiger partial charge >= 0.3 is 6.03 Å². The number of urea groups is 1. The molecule has 4 amide bonds. The van der Waals surface area contributed by atoms with E-state index in [1.165, 1.54) is 0 Å². The van der Waals surface area contributed by atoms with Gasteiger partial charge in [0.1, 0.15) is 6.04 Å². The minimum Gasteiger partial charge on any atom is -0.324 e. The molecule has 1 saturated heterocycles. The Morgan fingerprint density at radius 3 is 2.24 bits per heavy atom. The van der Waals surface area contributed by atoms with Crippen molar-refractivity contribution >= 4 is 46.5 Å². The number of nitrogens with one attached hydrogen (secondary N) is 2. The molecule has 3 aromatic rings.